The highest BCUT2D eigenvalue weighted by Gasteiger charge is 2.31. The standard InChI is InChI=1S/C18H16F3N5O/c1-10-3-4-11(18(19,20)21)7-13(10)16-12(17(22)27)5-6-26(16)15-8-14(23-2)24-9-25-15/h3-9H,1-2H3,(H2,22,27)(H,23,24,25). The normalized spacial score (nSPS) is 11.4. The van der Waals surface area contributed by atoms with E-state index in [1.807, 2.05) is 0 Å². The molecule has 0 atom stereocenters. The monoisotopic (exact) mass is 375 g/mol. The number of aromatic nitrogens is 3. The minimum atomic E-state index is -4.51. The molecule has 9 heteroatoms. The van der Waals surface area contributed by atoms with Crippen molar-refractivity contribution in [1.82, 2.24) is 14.5 Å². The van der Waals surface area contributed by atoms with Gasteiger partial charge in [-0.05, 0) is 30.7 Å². The molecule has 0 aliphatic heterocycles. The fraction of sp³-hybridized carbons (Fsp3) is 0.167. The van der Waals surface area contributed by atoms with Gasteiger partial charge in [-0.15, -0.1) is 0 Å². The molecule has 1 amide bonds. The summed E-state index contributed by atoms with van der Waals surface area (Å²) >= 11 is 0. The number of amides is 1. The molecule has 3 N–H and O–H groups in total. The second-order valence-electron chi connectivity index (χ2n) is 5.85. The molecule has 0 saturated heterocycles. The molecular formula is C18H16F3N5O. The number of hydrogen-bond acceptors (Lipinski definition) is 4. The molecule has 0 unspecified atom stereocenters. The number of rotatable bonds is 4. The van der Waals surface area contributed by atoms with E-state index in [0.717, 1.165) is 12.1 Å². The number of nitrogens with one attached hydrogen (secondary N) is 1. The van der Waals surface area contributed by atoms with E-state index in [1.54, 1.807) is 20.0 Å². The molecule has 27 heavy (non-hydrogen) atoms. The van der Waals surface area contributed by atoms with Crippen molar-refractivity contribution in [1.29, 1.82) is 0 Å². The van der Waals surface area contributed by atoms with Gasteiger partial charge in [-0.25, -0.2) is 9.97 Å². The predicted molar refractivity (Wildman–Crippen MR) is 94.6 cm³/mol. The lowest BCUT2D eigenvalue weighted by Crippen LogP contribution is -2.13. The predicted octanol–water partition coefficient (Wildman–Crippen LogP) is 3.40. The van der Waals surface area contributed by atoms with Gasteiger partial charge in [0.15, 0.2) is 0 Å². The number of anilines is 1. The summed E-state index contributed by atoms with van der Waals surface area (Å²) < 4.78 is 41.1. The van der Waals surface area contributed by atoms with Crippen LogP contribution in [0, 0.1) is 6.92 Å². The lowest BCUT2D eigenvalue weighted by Gasteiger charge is -2.15. The number of carbonyl (C=O) groups is 1. The molecule has 0 radical (unpaired) electrons. The van der Waals surface area contributed by atoms with E-state index in [9.17, 15) is 18.0 Å². The number of alkyl halides is 3. The first kappa shape index (κ1) is 18.4. The van der Waals surface area contributed by atoms with Gasteiger partial charge in [0.2, 0.25) is 0 Å². The third-order valence-corrected chi connectivity index (χ3v) is 4.13. The van der Waals surface area contributed by atoms with E-state index in [2.05, 4.69) is 15.3 Å². The Hall–Kier alpha value is -3.36. The van der Waals surface area contributed by atoms with Crippen molar-refractivity contribution in [2.75, 3.05) is 12.4 Å². The van der Waals surface area contributed by atoms with Crippen LogP contribution in [0.5, 0.6) is 0 Å². The number of aryl methyl sites for hydroxylation is 1. The number of primary amides is 1. The smallest absolute Gasteiger partial charge is 0.373 e. The average Bonchev–Trinajstić information content (AvgIpc) is 3.06. The van der Waals surface area contributed by atoms with Crippen LogP contribution >= 0.6 is 0 Å². The molecular weight excluding hydrogens is 359 g/mol. The fourth-order valence-electron chi connectivity index (χ4n) is 2.77. The van der Waals surface area contributed by atoms with Crippen LogP contribution in [0.2, 0.25) is 0 Å². The van der Waals surface area contributed by atoms with Gasteiger partial charge < -0.3 is 15.6 Å². The van der Waals surface area contributed by atoms with Crippen molar-refractivity contribution in [3.05, 3.63) is 59.5 Å². The van der Waals surface area contributed by atoms with Gasteiger partial charge in [-0.2, -0.15) is 13.2 Å². The largest absolute Gasteiger partial charge is 0.416 e. The van der Waals surface area contributed by atoms with Gasteiger partial charge in [0.25, 0.3) is 5.91 Å². The summed E-state index contributed by atoms with van der Waals surface area (Å²) in [5.41, 5.74) is 5.79. The highest BCUT2D eigenvalue weighted by molar-refractivity contribution is 6.00. The highest BCUT2D eigenvalue weighted by Crippen LogP contribution is 2.36. The van der Waals surface area contributed by atoms with Crippen molar-refractivity contribution < 1.29 is 18.0 Å². The number of nitrogens with two attached hydrogens (primary N) is 1. The third-order valence-electron chi connectivity index (χ3n) is 4.13. The maximum Gasteiger partial charge on any atom is 0.416 e. The van der Waals surface area contributed by atoms with Gasteiger partial charge in [0.1, 0.15) is 18.0 Å². The van der Waals surface area contributed by atoms with Crippen LogP contribution in [-0.4, -0.2) is 27.5 Å². The minimum Gasteiger partial charge on any atom is -0.373 e. The summed E-state index contributed by atoms with van der Waals surface area (Å²) in [5.74, 6) is 0.151. The van der Waals surface area contributed by atoms with Gasteiger partial charge >= 0.3 is 6.18 Å². The maximum absolute atomic E-state index is 13.2. The molecule has 0 fully saturated rings. The van der Waals surface area contributed by atoms with Crippen LogP contribution < -0.4 is 11.1 Å². The summed E-state index contributed by atoms with van der Waals surface area (Å²) in [6.07, 6.45) is -1.66. The Morgan fingerprint density at radius 1 is 1.19 bits per heavy atom. The topological polar surface area (TPSA) is 85.8 Å². The molecule has 140 valence electrons. The lowest BCUT2D eigenvalue weighted by molar-refractivity contribution is -0.137. The van der Waals surface area contributed by atoms with Crippen LogP contribution in [0.1, 0.15) is 21.5 Å². The molecule has 0 saturated carbocycles. The molecule has 6 nitrogen and oxygen atoms in total. The average molecular weight is 375 g/mol. The van der Waals surface area contributed by atoms with Crippen LogP contribution in [0.4, 0.5) is 19.0 Å². The number of carbonyl (C=O) groups excluding carboxylic acids is 1. The molecule has 0 aliphatic rings. The van der Waals surface area contributed by atoms with E-state index >= 15 is 0 Å². The first-order valence-corrected chi connectivity index (χ1v) is 7.92. The highest BCUT2D eigenvalue weighted by atomic mass is 19.4. The zero-order valence-corrected chi connectivity index (χ0v) is 14.5. The van der Waals surface area contributed by atoms with Crippen molar-refractivity contribution in [2.45, 2.75) is 13.1 Å². The number of hydrogen-bond donors (Lipinski definition) is 2. The Balaban J connectivity index is 2.29. The van der Waals surface area contributed by atoms with Gasteiger partial charge in [0, 0.05) is 24.9 Å². The molecule has 2 heterocycles. The summed E-state index contributed by atoms with van der Waals surface area (Å²) in [5, 5.41) is 2.86. The summed E-state index contributed by atoms with van der Waals surface area (Å²) in [6, 6.07) is 6.43. The van der Waals surface area contributed by atoms with Crippen LogP contribution in [0.3, 0.4) is 0 Å². The Morgan fingerprint density at radius 2 is 1.93 bits per heavy atom. The SMILES string of the molecule is CNc1cc(-n2ccc(C(N)=O)c2-c2cc(C(F)(F)F)ccc2C)ncn1. The van der Waals surface area contributed by atoms with E-state index in [4.69, 9.17) is 5.73 Å². The second-order valence-corrected chi connectivity index (χ2v) is 5.85. The first-order valence-electron chi connectivity index (χ1n) is 7.92. The van der Waals surface area contributed by atoms with Crippen molar-refractivity contribution >= 4 is 11.7 Å². The van der Waals surface area contributed by atoms with E-state index in [0.29, 0.717) is 17.2 Å². The molecule has 0 bridgehead atoms. The van der Waals surface area contributed by atoms with Crippen LogP contribution in [0.15, 0.2) is 42.9 Å². The fourth-order valence-corrected chi connectivity index (χ4v) is 2.77. The molecule has 3 aromatic rings. The summed E-state index contributed by atoms with van der Waals surface area (Å²) in [7, 11) is 1.68. The number of benzene rings is 1. The Labute approximate surface area is 152 Å². The molecule has 2 aromatic heterocycles. The van der Waals surface area contributed by atoms with Gasteiger partial charge in [-0.3, -0.25) is 4.79 Å². The third kappa shape index (κ3) is 3.48. The minimum absolute atomic E-state index is 0.0991. The van der Waals surface area contributed by atoms with Crippen LogP contribution in [-0.2, 0) is 6.18 Å². The zero-order chi connectivity index (χ0) is 19.8. The van der Waals surface area contributed by atoms with E-state index < -0.39 is 17.6 Å². The summed E-state index contributed by atoms with van der Waals surface area (Å²) in [4.78, 5) is 20.1. The zero-order valence-electron chi connectivity index (χ0n) is 14.5. The molecule has 0 aliphatic carbocycles. The van der Waals surface area contributed by atoms with E-state index in [1.165, 1.54) is 29.2 Å². The Bertz CT molecular complexity index is 1010. The Kier molecular flexibility index (Phi) is 4.61. The molecule has 3 rings (SSSR count). The number of nitrogens with zero attached hydrogens (tertiary/aromatic N) is 3. The molecule has 1 aromatic carbocycles. The van der Waals surface area contributed by atoms with Gasteiger partial charge in [-0.1, -0.05) is 6.07 Å². The molecule has 0 spiro atoms. The Morgan fingerprint density at radius 3 is 2.56 bits per heavy atom. The van der Waals surface area contributed by atoms with Crippen molar-refractivity contribution in [3.63, 3.8) is 0 Å². The lowest BCUT2D eigenvalue weighted by atomic mass is 9.99. The quantitative estimate of drug-likeness (QED) is 0.732. The maximum atomic E-state index is 13.2. The number of halogens is 3. The van der Waals surface area contributed by atoms with Crippen LogP contribution in [0.25, 0.3) is 17.1 Å². The summed E-state index contributed by atoms with van der Waals surface area (Å²) in [6.45, 7) is 1.66. The second kappa shape index (κ2) is 6.75. The van der Waals surface area contributed by atoms with Crippen molar-refractivity contribution in [3.8, 4) is 17.1 Å². The van der Waals surface area contributed by atoms with Crippen molar-refractivity contribution in [2.24, 2.45) is 5.73 Å². The first-order chi connectivity index (χ1) is 12.7. The van der Waals surface area contributed by atoms with E-state index in [-0.39, 0.29) is 16.8 Å². The van der Waals surface area contributed by atoms with Gasteiger partial charge in [0.05, 0.1) is 16.8 Å².